The van der Waals surface area contributed by atoms with Crippen molar-refractivity contribution < 1.29 is 4.79 Å². The minimum Gasteiger partial charge on any atom is -0.271 e. The predicted octanol–water partition coefficient (Wildman–Crippen LogP) is 1.64. The number of carbonyl (C=O) groups excluding carboxylic acids is 1. The normalized spacial score (nSPS) is 25.8. The molecule has 3 nitrogen and oxygen atoms in total. The number of rotatable bonds is 0. The van der Waals surface area contributed by atoms with Crippen LogP contribution in [-0.2, 0) is 4.79 Å². The Morgan fingerprint density at radius 1 is 1.50 bits per heavy atom. The lowest BCUT2D eigenvalue weighted by atomic mass is 10.1. The minimum absolute atomic E-state index is 0. The van der Waals surface area contributed by atoms with Crippen molar-refractivity contribution in [3.05, 3.63) is 11.5 Å². The van der Waals surface area contributed by atoms with Crippen molar-refractivity contribution in [2.75, 3.05) is 0 Å². The summed E-state index contributed by atoms with van der Waals surface area (Å²) in [5.74, 6) is 0.301. The van der Waals surface area contributed by atoms with Crippen LogP contribution in [0, 0.1) is 5.92 Å². The van der Waals surface area contributed by atoms with Crippen LogP contribution in [0.1, 0.15) is 6.92 Å². The van der Waals surface area contributed by atoms with Crippen molar-refractivity contribution in [2.24, 2.45) is 15.9 Å². The first kappa shape index (κ1) is 9.48. The third-order valence-corrected chi connectivity index (χ3v) is 2.42. The predicted molar refractivity (Wildman–Crippen MR) is 53.0 cm³/mol. The zero-order valence-electron chi connectivity index (χ0n) is 6.35. The van der Waals surface area contributed by atoms with Gasteiger partial charge in [0, 0.05) is 0 Å². The summed E-state index contributed by atoms with van der Waals surface area (Å²) < 4.78 is 0. The number of halogens is 1. The van der Waals surface area contributed by atoms with Crippen LogP contribution in [0.15, 0.2) is 21.5 Å². The van der Waals surface area contributed by atoms with Crippen molar-refractivity contribution in [3.8, 4) is 0 Å². The van der Waals surface area contributed by atoms with Crippen molar-refractivity contribution in [1.29, 1.82) is 0 Å². The zero-order valence-corrected chi connectivity index (χ0v) is 7.98. The molecule has 0 fully saturated rings. The molecule has 0 aromatic rings. The van der Waals surface area contributed by atoms with Gasteiger partial charge in [-0.2, -0.15) is 4.99 Å². The molecule has 0 radical (unpaired) electrons. The maximum absolute atomic E-state index is 11.2. The van der Waals surface area contributed by atoms with E-state index in [9.17, 15) is 4.79 Å². The van der Waals surface area contributed by atoms with Gasteiger partial charge in [-0.1, -0.05) is 17.8 Å². The van der Waals surface area contributed by atoms with Crippen LogP contribution in [0.2, 0.25) is 0 Å². The summed E-state index contributed by atoms with van der Waals surface area (Å²) in [6.07, 6.45) is 1.84. The number of hydrogen-bond donors (Lipinski definition) is 0. The first-order valence-electron chi connectivity index (χ1n) is 3.28. The number of amidine groups is 1. The van der Waals surface area contributed by atoms with Crippen LogP contribution < -0.4 is 0 Å². The maximum atomic E-state index is 11.2. The van der Waals surface area contributed by atoms with E-state index in [2.05, 4.69) is 9.98 Å². The monoisotopic (exact) mass is 202 g/mol. The van der Waals surface area contributed by atoms with Gasteiger partial charge in [-0.25, -0.2) is 4.99 Å². The van der Waals surface area contributed by atoms with Crippen LogP contribution in [0.3, 0.4) is 0 Å². The fraction of sp³-hybridized carbons (Fsp3) is 0.286. The smallest absolute Gasteiger partial charge is 0.260 e. The number of nitrogens with zero attached hydrogens (tertiary/aromatic N) is 2. The average Bonchev–Trinajstić information content (AvgIpc) is 2.34. The molecule has 0 saturated heterocycles. The van der Waals surface area contributed by atoms with Gasteiger partial charge in [-0.05, 0) is 12.3 Å². The lowest BCUT2D eigenvalue weighted by Crippen LogP contribution is -2.21. The van der Waals surface area contributed by atoms with Gasteiger partial charge in [0.1, 0.15) is 11.8 Å². The molecule has 0 aromatic carbocycles. The largest absolute Gasteiger partial charge is 0.271 e. The molecule has 2 aliphatic heterocycles. The van der Waals surface area contributed by atoms with Gasteiger partial charge >= 0.3 is 0 Å². The molecular weight excluding hydrogens is 196 g/mol. The van der Waals surface area contributed by atoms with Crippen LogP contribution >= 0.6 is 24.2 Å². The van der Waals surface area contributed by atoms with Gasteiger partial charge in [-0.15, -0.1) is 12.4 Å². The fourth-order valence-electron chi connectivity index (χ4n) is 1.04. The Morgan fingerprint density at radius 3 is 3.00 bits per heavy atom. The van der Waals surface area contributed by atoms with Crippen molar-refractivity contribution in [2.45, 2.75) is 6.92 Å². The highest BCUT2D eigenvalue weighted by molar-refractivity contribution is 8.16. The van der Waals surface area contributed by atoms with E-state index < -0.39 is 0 Å². The molecule has 0 saturated carbocycles. The Balaban J connectivity index is 0.000000720. The number of amides is 1. The maximum Gasteiger partial charge on any atom is 0.260 e. The summed E-state index contributed by atoms with van der Waals surface area (Å²) >= 11 is 1.50. The molecule has 1 atom stereocenters. The molecular formula is C7H7ClN2OS. The van der Waals surface area contributed by atoms with Crippen molar-refractivity contribution in [3.63, 3.8) is 0 Å². The van der Waals surface area contributed by atoms with E-state index in [1.807, 2.05) is 11.5 Å². The van der Waals surface area contributed by atoms with Crippen LogP contribution in [0.5, 0.6) is 0 Å². The number of fused-ring (bicyclic) bond motifs is 1. The van der Waals surface area contributed by atoms with E-state index >= 15 is 0 Å². The third kappa shape index (κ3) is 1.44. The summed E-state index contributed by atoms with van der Waals surface area (Å²) in [6, 6.07) is 0. The zero-order chi connectivity index (χ0) is 7.84. The number of hydrogen-bond acceptors (Lipinski definition) is 3. The Kier molecular flexibility index (Phi) is 2.69. The summed E-state index contributed by atoms with van der Waals surface area (Å²) in [7, 11) is 0. The summed E-state index contributed by atoms with van der Waals surface area (Å²) in [6.45, 7) is 1.74. The SMILES string of the molecule is CC1=NC(=O)C2C=CSC2=N1.Cl. The topological polar surface area (TPSA) is 41.8 Å². The van der Waals surface area contributed by atoms with E-state index in [1.165, 1.54) is 11.8 Å². The van der Waals surface area contributed by atoms with Gasteiger partial charge < -0.3 is 0 Å². The average molecular weight is 203 g/mol. The molecule has 0 N–H and O–H groups in total. The highest BCUT2D eigenvalue weighted by Gasteiger charge is 2.28. The molecule has 2 heterocycles. The highest BCUT2D eigenvalue weighted by atomic mass is 35.5. The summed E-state index contributed by atoms with van der Waals surface area (Å²) in [5.41, 5.74) is 0. The van der Waals surface area contributed by atoms with Crippen LogP contribution in [0.25, 0.3) is 0 Å². The number of carbonyl (C=O) groups is 1. The first-order valence-corrected chi connectivity index (χ1v) is 4.16. The molecule has 1 amide bonds. The van der Waals surface area contributed by atoms with Gasteiger partial charge in [0.15, 0.2) is 0 Å². The summed E-state index contributed by atoms with van der Waals surface area (Å²) in [4.78, 5) is 19.0. The minimum atomic E-state index is -0.177. The van der Waals surface area contributed by atoms with E-state index in [4.69, 9.17) is 0 Å². The Morgan fingerprint density at radius 2 is 2.25 bits per heavy atom. The highest BCUT2D eigenvalue weighted by Crippen LogP contribution is 2.27. The molecule has 0 aromatic heterocycles. The van der Waals surface area contributed by atoms with Gasteiger partial charge in [-0.3, -0.25) is 4.79 Å². The van der Waals surface area contributed by atoms with Gasteiger partial charge in [0.05, 0.1) is 5.04 Å². The molecule has 2 rings (SSSR count). The van der Waals surface area contributed by atoms with E-state index in [-0.39, 0.29) is 24.2 Å². The second-order valence-corrected chi connectivity index (χ2v) is 3.30. The first-order chi connectivity index (χ1) is 5.27. The molecule has 0 aliphatic carbocycles. The molecule has 1 unspecified atom stereocenters. The third-order valence-electron chi connectivity index (χ3n) is 1.54. The Hall–Kier alpha value is -0.610. The second kappa shape index (κ2) is 3.41. The standard InChI is InChI=1S/C7H6N2OS.ClH/c1-4-8-6(10)5-2-3-11-7(5)9-4;/h2-3,5H,1H3;1H. The molecule has 0 spiro atoms. The fourth-order valence-corrected chi connectivity index (χ4v) is 1.93. The van der Waals surface area contributed by atoms with Gasteiger partial charge in [0.2, 0.25) is 0 Å². The van der Waals surface area contributed by atoms with E-state index in [1.54, 1.807) is 6.92 Å². The Bertz CT molecular complexity index is 309. The van der Waals surface area contributed by atoms with Crippen molar-refractivity contribution >= 4 is 41.0 Å². The quantitative estimate of drug-likeness (QED) is 0.599. The molecule has 2 aliphatic rings. The molecule has 12 heavy (non-hydrogen) atoms. The molecule has 5 heteroatoms. The second-order valence-electron chi connectivity index (χ2n) is 2.37. The van der Waals surface area contributed by atoms with E-state index in [0.717, 1.165) is 5.04 Å². The summed E-state index contributed by atoms with van der Waals surface area (Å²) in [5, 5.41) is 2.75. The Labute approximate surface area is 80.5 Å². The lowest BCUT2D eigenvalue weighted by molar-refractivity contribution is -0.118. The van der Waals surface area contributed by atoms with E-state index in [0.29, 0.717) is 5.84 Å². The van der Waals surface area contributed by atoms with Crippen LogP contribution in [-0.4, -0.2) is 16.8 Å². The molecule has 0 bridgehead atoms. The lowest BCUT2D eigenvalue weighted by Gasteiger charge is -2.09. The number of aliphatic imine (C=N–C) groups is 2. The van der Waals surface area contributed by atoms with Crippen LogP contribution in [0.4, 0.5) is 0 Å². The van der Waals surface area contributed by atoms with Crippen molar-refractivity contribution in [1.82, 2.24) is 0 Å². The number of thioether (sulfide) groups is 1. The molecule has 64 valence electrons. The van der Waals surface area contributed by atoms with Gasteiger partial charge in [0.25, 0.3) is 5.91 Å².